The van der Waals surface area contributed by atoms with Crippen molar-refractivity contribution in [1.82, 2.24) is 19.5 Å². The van der Waals surface area contributed by atoms with Crippen molar-refractivity contribution in [1.29, 1.82) is 0 Å². The first-order valence-electron chi connectivity index (χ1n) is 7.08. The van der Waals surface area contributed by atoms with Crippen LogP contribution in [0.15, 0.2) is 11.1 Å². The zero-order valence-corrected chi connectivity index (χ0v) is 13.4. The Bertz CT molecular complexity index is 877. The van der Waals surface area contributed by atoms with E-state index >= 15 is 0 Å². The van der Waals surface area contributed by atoms with Crippen molar-refractivity contribution in [3.63, 3.8) is 0 Å². The van der Waals surface area contributed by atoms with E-state index < -0.39 is 44.5 Å². The van der Waals surface area contributed by atoms with Gasteiger partial charge in [0, 0.05) is 6.42 Å². The number of nitrogens with two attached hydrogens (primary N) is 1. The standard InChI is InChI=1S/C11H16N5O8P/c12-11-14-8-5(9(19)15-11)13-3-16(8)10-7(18)6(17)4(24-10)1-2-23-25(20,21)22/h3-4,6-7,10,17-18H,1-2H2,(H2,20,21,22)(H3,12,14,15,19)/p-2. The van der Waals surface area contributed by atoms with E-state index in [9.17, 15) is 29.4 Å². The zero-order valence-electron chi connectivity index (χ0n) is 12.5. The van der Waals surface area contributed by atoms with Gasteiger partial charge in [-0.25, -0.2) is 4.98 Å². The Labute approximate surface area is 139 Å². The second-order valence-corrected chi connectivity index (χ2v) is 6.54. The number of nitrogens with one attached hydrogen (secondary N) is 1. The number of rotatable bonds is 5. The van der Waals surface area contributed by atoms with Crippen LogP contribution in [0.25, 0.3) is 11.2 Å². The average Bonchev–Trinajstić information content (AvgIpc) is 3.02. The summed E-state index contributed by atoms with van der Waals surface area (Å²) in [6.45, 7) is -0.513. The van der Waals surface area contributed by atoms with Gasteiger partial charge in [0.05, 0.1) is 26.9 Å². The van der Waals surface area contributed by atoms with Crippen LogP contribution in [0.1, 0.15) is 12.6 Å². The van der Waals surface area contributed by atoms with Crippen molar-refractivity contribution in [3.05, 3.63) is 16.7 Å². The fraction of sp³-hybridized carbons (Fsp3) is 0.545. The highest BCUT2D eigenvalue weighted by Gasteiger charge is 2.44. The minimum absolute atomic E-state index is 0.0371. The number of anilines is 1. The van der Waals surface area contributed by atoms with Crippen LogP contribution >= 0.6 is 7.82 Å². The van der Waals surface area contributed by atoms with E-state index in [1.165, 1.54) is 10.9 Å². The maximum atomic E-state index is 11.8. The van der Waals surface area contributed by atoms with Crippen LogP contribution in [0.4, 0.5) is 5.95 Å². The number of fused-ring (bicyclic) bond motifs is 1. The highest BCUT2D eigenvalue weighted by molar-refractivity contribution is 7.43. The quantitative estimate of drug-likeness (QED) is 0.377. The van der Waals surface area contributed by atoms with Crippen LogP contribution in [-0.4, -0.2) is 54.7 Å². The van der Waals surface area contributed by atoms with Crippen LogP contribution in [0.5, 0.6) is 0 Å². The number of hydrogen-bond acceptors (Lipinski definition) is 11. The third-order valence-electron chi connectivity index (χ3n) is 3.71. The number of nitrogen functional groups attached to an aromatic ring is 1. The topological polar surface area (TPSA) is 212 Å². The number of aromatic nitrogens is 4. The smallest absolute Gasteiger partial charge is 0.280 e. The fourth-order valence-corrected chi connectivity index (χ4v) is 2.94. The molecule has 0 aromatic carbocycles. The van der Waals surface area contributed by atoms with E-state index in [0.29, 0.717) is 0 Å². The summed E-state index contributed by atoms with van der Waals surface area (Å²) in [5.74, 6) is -0.168. The van der Waals surface area contributed by atoms with Gasteiger partial charge < -0.3 is 39.6 Å². The normalized spacial score (nSPS) is 27.2. The zero-order chi connectivity index (χ0) is 18.4. The molecule has 13 nitrogen and oxygen atoms in total. The molecule has 0 amide bonds. The monoisotopic (exact) mass is 375 g/mol. The number of H-pyrrole nitrogens is 1. The van der Waals surface area contributed by atoms with Crippen LogP contribution in [0, 0.1) is 0 Å². The predicted molar refractivity (Wildman–Crippen MR) is 76.7 cm³/mol. The first kappa shape index (κ1) is 17.9. The number of hydrogen-bond donors (Lipinski definition) is 4. The number of nitrogens with zero attached hydrogens (tertiary/aromatic N) is 3. The van der Waals surface area contributed by atoms with Gasteiger partial charge in [-0.2, -0.15) is 4.98 Å². The molecule has 0 saturated carbocycles. The number of phosphoric ester groups is 1. The minimum Gasteiger partial charge on any atom is -0.790 e. The largest absolute Gasteiger partial charge is 0.790 e. The highest BCUT2D eigenvalue weighted by atomic mass is 31.2. The molecule has 5 N–H and O–H groups in total. The second kappa shape index (κ2) is 6.46. The van der Waals surface area contributed by atoms with Crippen LogP contribution in [0.3, 0.4) is 0 Å². The number of ether oxygens (including phenoxy) is 1. The molecule has 0 spiro atoms. The SMILES string of the molecule is Nc1nc2c(ncn2C2OC(CCOP(=O)([O-])[O-])C(O)C2O)c(=O)[nH]1. The second-order valence-electron chi connectivity index (χ2n) is 5.39. The molecule has 0 bridgehead atoms. The number of imidazole rings is 1. The van der Waals surface area contributed by atoms with Gasteiger partial charge >= 0.3 is 0 Å². The lowest BCUT2D eigenvalue weighted by Gasteiger charge is -2.29. The Morgan fingerprint density at radius 3 is 2.84 bits per heavy atom. The minimum atomic E-state index is -5.14. The van der Waals surface area contributed by atoms with Crippen molar-refractivity contribution in [2.45, 2.75) is 31.0 Å². The van der Waals surface area contributed by atoms with E-state index in [1.807, 2.05) is 0 Å². The number of aliphatic hydroxyl groups excluding tert-OH is 2. The first-order valence-corrected chi connectivity index (χ1v) is 8.54. The lowest BCUT2D eigenvalue weighted by Crippen LogP contribution is -2.32. The van der Waals surface area contributed by atoms with Gasteiger partial charge in [0.25, 0.3) is 5.56 Å². The molecule has 1 saturated heterocycles. The van der Waals surface area contributed by atoms with Crippen molar-refractivity contribution < 1.29 is 33.8 Å². The Balaban J connectivity index is 1.82. The molecule has 138 valence electrons. The Kier molecular flexibility index (Phi) is 4.64. The summed E-state index contributed by atoms with van der Waals surface area (Å²) in [6.07, 6.45) is -3.94. The van der Waals surface area contributed by atoms with Gasteiger partial charge in [-0.05, 0) is 0 Å². The third kappa shape index (κ3) is 3.57. The first-order chi connectivity index (χ1) is 11.7. The van der Waals surface area contributed by atoms with Gasteiger partial charge in [-0.3, -0.25) is 14.3 Å². The van der Waals surface area contributed by atoms with Gasteiger partial charge in [0.2, 0.25) is 5.95 Å². The molecule has 14 heteroatoms. The van der Waals surface area contributed by atoms with Crippen molar-refractivity contribution in [3.8, 4) is 0 Å². The van der Waals surface area contributed by atoms with Gasteiger partial charge in [-0.15, -0.1) is 0 Å². The van der Waals surface area contributed by atoms with E-state index in [-0.39, 0.29) is 23.5 Å². The van der Waals surface area contributed by atoms with Gasteiger partial charge in [0.1, 0.15) is 12.2 Å². The maximum absolute atomic E-state index is 11.8. The number of phosphoric acid groups is 1. The van der Waals surface area contributed by atoms with Crippen LogP contribution < -0.4 is 21.1 Å². The Hall–Kier alpha value is -1.86. The molecule has 0 radical (unpaired) electrons. The molecule has 2 aromatic rings. The maximum Gasteiger partial charge on any atom is 0.280 e. The summed E-state index contributed by atoms with van der Waals surface area (Å²) in [4.78, 5) is 42.7. The highest BCUT2D eigenvalue weighted by Crippen LogP contribution is 2.33. The summed E-state index contributed by atoms with van der Waals surface area (Å²) in [7, 11) is -5.14. The van der Waals surface area contributed by atoms with Crippen molar-refractivity contribution in [2.75, 3.05) is 12.3 Å². The van der Waals surface area contributed by atoms with E-state index in [4.69, 9.17) is 10.5 Å². The van der Waals surface area contributed by atoms with Gasteiger partial charge in [0.15, 0.2) is 17.4 Å². The summed E-state index contributed by atoms with van der Waals surface area (Å²) in [5.41, 5.74) is 4.90. The molecule has 1 fully saturated rings. The lowest BCUT2D eigenvalue weighted by atomic mass is 10.1. The molecular weight excluding hydrogens is 361 g/mol. The fourth-order valence-electron chi connectivity index (χ4n) is 2.61. The molecule has 4 atom stereocenters. The Morgan fingerprint density at radius 1 is 1.44 bits per heavy atom. The summed E-state index contributed by atoms with van der Waals surface area (Å²) in [6, 6.07) is 0. The van der Waals surface area contributed by atoms with Crippen LogP contribution in [-0.2, 0) is 13.8 Å². The molecule has 4 unspecified atom stereocenters. The number of aliphatic hydroxyl groups is 2. The van der Waals surface area contributed by atoms with Gasteiger partial charge in [-0.1, -0.05) is 0 Å². The van der Waals surface area contributed by atoms with E-state index in [2.05, 4.69) is 19.5 Å². The molecule has 2 aromatic heterocycles. The molecular formula is C11H14N5O8P-2. The lowest BCUT2D eigenvalue weighted by molar-refractivity contribution is -0.341. The van der Waals surface area contributed by atoms with E-state index in [1.54, 1.807) is 0 Å². The van der Waals surface area contributed by atoms with Crippen molar-refractivity contribution >= 4 is 24.9 Å². The average molecular weight is 375 g/mol. The third-order valence-corrected chi connectivity index (χ3v) is 4.21. The van der Waals surface area contributed by atoms with Crippen LogP contribution in [0.2, 0.25) is 0 Å². The van der Waals surface area contributed by atoms with E-state index in [0.717, 1.165) is 0 Å². The van der Waals surface area contributed by atoms with Crippen molar-refractivity contribution in [2.24, 2.45) is 0 Å². The molecule has 25 heavy (non-hydrogen) atoms. The molecule has 0 aliphatic carbocycles. The molecule has 3 rings (SSSR count). The summed E-state index contributed by atoms with van der Waals surface area (Å²) >= 11 is 0. The summed E-state index contributed by atoms with van der Waals surface area (Å²) in [5, 5.41) is 20.2. The number of aromatic amines is 1. The summed E-state index contributed by atoms with van der Waals surface area (Å²) < 4.78 is 21.2. The molecule has 1 aliphatic rings. The predicted octanol–water partition coefficient (Wildman–Crippen LogP) is -3.44. The Morgan fingerprint density at radius 2 is 2.16 bits per heavy atom. The molecule has 3 heterocycles. The molecule has 1 aliphatic heterocycles.